The predicted molar refractivity (Wildman–Crippen MR) is 69.2 cm³/mol. The van der Waals surface area contributed by atoms with Crippen molar-refractivity contribution in [2.75, 3.05) is 0 Å². The Morgan fingerprint density at radius 1 is 1.17 bits per heavy atom. The van der Waals surface area contributed by atoms with Crippen LogP contribution in [0.2, 0.25) is 0 Å². The van der Waals surface area contributed by atoms with Gasteiger partial charge in [-0.2, -0.15) is 0 Å². The molecule has 0 aliphatic carbocycles. The SMILES string of the molecule is Cc1cc(CS(=O)[O-])cc(-c2cccc(F)c2)c1. The molecular formula is C14H12FO2S-. The Morgan fingerprint density at radius 3 is 2.61 bits per heavy atom. The van der Waals surface area contributed by atoms with Gasteiger partial charge in [0.15, 0.2) is 0 Å². The van der Waals surface area contributed by atoms with Crippen molar-refractivity contribution >= 4 is 11.1 Å². The summed E-state index contributed by atoms with van der Waals surface area (Å²) in [6, 6.07) is 11.8. The molecule has 1 unspecified atom stereocenters. The van der Waals surface area contributed by atoms with E-state index in [9.17, 15) is 13.2 Å². The van der Waals surface area contributed by atoms with E-state index in [4.69, 9.17) is 0 Å². The van der Waals surface area contributed by atoms with Crippen molar-refractivity contribution in [1.82, 2.24) is 0 Å². The number of benzene rings is 2. The van der Waals surface area contributed by atoms with Crippen LogP contribution in [-0.4, -0.2) is 8.76 Å². The lowest BCUT2D eigenvalue weighted by Crippen LogP contribution is -1.95. The normalized spacial score (nSPS) is 12.4. The van der Waals surface area contributed by atoms with Crippen LogP contribution in [0.4, 0.5) is 4.39 Å². The molecule has 2 aromatic carbocycles. The summed E-state index contributed by atoms with van der Waals surface area (Å²) in [5.41, 5.74) is 3.24. The molecule has 0 N–H and O–H groups in total. The zero-order chi connectivity index (χ0) is 13.1. The van der Waals surface area contributed by atoms with Crippen LogP contribution in [0.15, 0.2) is 42.5 Å². The van der Waals surface area contributed by atoms with Crippen LogP contribution in [0, 0.1) is 12.7 Å². The van der Waals surface area contributed by atoms with E-state index in [-0.39, 0.29) is 11.6 Å². The van der Waals surface area contributed by atoms with Crippen LogP contribution in [0.3, 0.4) is 0 Å². The fraction of sp³-hybridized carbons (Fsp3) is 0.143. The third-order valence-corrected chi connectivity index (χ3v) is 3.15. The van der Waals surface area contributed by atoms with Crippen LogP contribution >= 0.6 is 0 Å². The summed E-state index contributed by atoms with van der Waals surface area (Å²) in [6.07, 6.45) is 0. The number of aryl methyl sites for hydroxylation is 1. The monoisotopic (exact) mass is 263 g/mol. The van der Waals surface area contributed by atoms with Crippen molar-refractivity contribution < 1.29 is 13.2 Å². The van der Waals surface area contributed by atoms with Crippen LogP contribution in [0.1, 0.15) is 11.1 Å². The van der Waals surface area contributed by atoms with Gasteiger partial charge in [0.2, 0.25) is 0 Å². The van der Waals surface area contributed by atoms with E-state index >= 15 is 0 Å². The molecule has 4 heteroatoms. The second-order valence-corrected chi connectivity index (χ2v) is 5.06. The minimum absolute atomic E-state index is 0.0238. The van der Waals surface area contributed by atoms with Gasteiger partial charge >= 0.3 is 0 Å². The smallest absolute Gasteiger partial charge is 0.123 e. The van der Waals surface area contributed by atoms with E-state index in [0.717, 1.165) is 16.7 Å². The van der Waals surface area contributed by atoms with Gasteiger partial charge in [0, 0.05) is 5.75 Å². The number of hydrogen-bond donors (Lipinski definition) is 0. The number of rotatable bonds is 3. The van der Waals surface area contributed by atoms with Crippen LogP contribution < -0.4 is 0 Å². The lowest BCUT2D eigenvalue weighted by molar-refractivity contribution is 0.536. The van der Waals surface area contributed by atoms with Crippen molar-refractivity contribution in [1.29, 1.82) is 0 Å². The molecular weight excluding hydrogens is 251 g/mol. The first-order chi connectivity index (χ1) is 8.54. The molecule has 0 aliphatic rings. The maximum atomic E-state index is 13.2. The molecule has 0 amide bonds. The van der Waals surface area contributed by atoms with Gasteiger partial charge in [-0.1, -0.05) is 47.0 Å². The minimum Gasteiger partial charge on any atom is -0.772 e. The van der Waals surface area contributed by atoms with Crippen molar-refractivity contribution in [2.45, 2.75) is 12.7 Å². The van der Waals surface area contributed by atoms with Crippen LogP contribution in [0.5, 0.6) is 0 Å². The highest BCUT2D eigenvalue weighted by atomic mass is 32.2. The largest absolute Gasteiger partial charge is 0.772 e. The molecule has 0 fully saturated rings. The first kappa shape index (κ1) is 12.9. The molecule has 0 saturated carbocycles. The molecule has 0 spiro atoms. The molecule has 0 saturated heterocycles. The molecule has 2 rings (SSSR count). The van der Waals surface area contributed by atoms with Crippen molar-refractivity contribution in [3.63, 3.8) is 0 Å². The van der Waals surface area contributed by atoms with E-state index in [1.807, 2.05) is 19.1 Å². The summed E-state index contributed by atoms with van der Waals surface area (Å²) in [5, 5.41) is 0. The van der Waals surface area contributed by atoms with Crippen molar-refractivity contribution in [3.8, 4) is 11.1 Å². The van der Waals surface area contributed by atoms with E-state index in [1.54, 1.807) is 18.2 Å². The molecule has 0 bridgehead atoms. The highest BCUT2D eigenvalue weighted by molar-refractivity contribution is 7.78. The lowest BCUT2D eigenvalue weighted by Gasteiger charge is -2.09. The Bertz CT molecular complexity index is 596. The minimum atomic E-state index is -2.12. The third-order valence-electron chi connectivity index (χ3n) is 2.58. The van der Waals surface area contributed by atoms with Crippen molar-refractivity contribution in [3.05, 3.63) is 59.4 Å². The second-order valence-electron chi connectivity index (χ2n) is 4.17. The molecule has 0 heterocycles. The second kappa shape index (κ2) is 5.42. The summed E-state index contributed by atoms with van der Waals surface area (Å²) < 4.78 is 34.6. The van der Waals surface area contributed by atoms with Gasteiger partial charge in [0.1, 0.15) is 5.82 Å². The Labute approximate surface area is 108 Å². The molecule has 2 aromatic rings. The standard InChI is InChI=1S/C14H13FO2S/c1-10-5-11(9-18(16)17)7-13(6-10)12-3-2-4-14(15)8-12/h2-8H,9H2,1H3,(H,16,17)/p-1. The van der Waals surface area contributed by atoms with Gasteiger partial charge in [-0.05, 0) is 35.7 Å². The number of hydrogen-bond acceptors (Lipinski definition) is 2. The first-order valence-electron chi connectivity index (χ1n) is 5.47. The Balaban J connectivity index is 2.44. The quantitative estimate of drug-likeness (QED) is 0.798. The van der Waals surface area contributed by atoms with Gasteiger partial charge in [-0.25, -0.2) is 4.39 Å². The maximum absolute atomic E-state index is 13.2. The zero-order valence-electron chi connectivity index (χ0n) is 9.85. The number of halogens is 1. The van der Waals surface area contributed by atoms with Crippen LogP contribution in [0.25, 0.3) is 11.1 Å². The van der Waals surface area contributed by atoms with Gasteiger partial charge in [-0.15, -0.1) is 0 Å². The topological polar surface area (TPSA) is 40.1 Å². The molecule has 0 aliphatic heterocycles. The zero-order valence-corrected chi connectivity index (χ0v) is 10.7. The van der Waals surface area contributed by atoms with E-state index < -0.39 is 11.1 Å². The summed E-state index contributed by atoms with van der Waals surface area (Å²) in [5.74, 6) is -0.327. The maximum Gasteiger partial charge on any atom is 0.123 e. The molecule has 94 valence electrons. The fourth-order valence-corrected chi connectivity index (χ4v) is 2.36. The van der Waals surface area contributed by atoms with Crippen molar-refractivity contribution in [2.24, 2.45) is 0 Å². The molecule has 0 radical (unpaired) electrons. The summed E-state index contributed by atoms with van der Waals surface area (Å²) in [4.78, 5) is 0. The molecule has 2 nitrogen and oxygen atoms in total. The first-order valence-corrected chi connectivity index (χ1v) is 6.71. The average molecular weight is 263 g/mol. The molecule has 0 aromatic heterocycles. The Kier molecular flexibility index (Phi) is 3.89. The van der Waals surface area contributed by atoms with Gasteiger partial charge in [-0.3, -0.25) is 4.21 Å². The van der Waals surface area contributed by atoms with Crippen LogP contribution in [-0.2, 0) is 16.8 Å². The Morgan fingerprint density at radius 2 is 1.94 bits per heavy atom. The fourth-order valence-electron chi connectivity index (χ4n) is 1.92. The van der Waals surface area contributed by atoms with Gasteiger partial charge in [0.25, 0.3) is 0 Å². The molecule has 1 atom stereocenters. The predicted octanol–water partition coefficient (Wildman–Crippen LogP) is 3.18. The van der Waals surface area contributed by atoms with Gasteiger partial charge in [0.05, 0.1) is 0 Å². The summed E-state index contributed by atoms with van der Waals surface area (Å²) in [7, 11) is 0. The highest BCUT2D eigenvalue weighted by Gasteiger charge is 2.03. The van der Waals surface area contributed by atoms with E-state index in [2.05, 4.69) is 0 Å². The summed E-state index contributed by atoms with van der Waals surface area (Å²) >= 11 is -2.12. The summed E-state index contributed by atoms with van der Waals surface area (Å²) in [6.45, 7) is 1.89. The molecule has 18 heavy (non-hydrogen) atoms. The van der Waals surface area contributed by atoms with E-state index in [0.29, 0.717) is 5.56 Å². The third kappa shape index (κ3) is 3.24. The van der Waals surface area contributed by atoms with Gasteiger partial charge < -0.3 is 4.55 Å². The Hall–Kier alpha value is -1.52. The van der Waals surface area contributed by atoms with E-state index in [1.165, 1.54) is 12.1 Å². The average Bonchev–Trinajstić information content (AvgIpc) is 2.27. The highest BCUT2D eigenvalue weighted by Crippen LogP contribution is 2.23. The lowest BCUT2D eigenvalue weighted by atomic mass is 10.0.